The summed E-state index contributed by atoms with van der Waals surface area (Å²) >= 11 is 0. The number of hydrogen-bond acceptors (Lipinski definition) is 4. The molecule has 0 radical (unpaired) electrons. The van der Waals surface area contributed by atoms with E-state index in [1.165, 1.54) is 36.5 Å². The molecule has 4 nitrogen and oxygen atoms in total. The van der Waals surface area contributed by atoms with Crippen LogP contribution in [-0.4, -0.2) is 18.7 Å². The van der Waals surface area contributed by atoms with E-state index in [9.17, 15) is 10.1 Å². The summed E-state index contributed by atoms with van der Waals surface area (Å²) in [5.41, 5.74) is 3.55. The van der Waals surface area contributed by atoms with Gasteiger partial charge in [-0.25, -0.2) is 4.79 Å². The summed E-state index contributed by atoms with van der Waals surface area (Å²) < 4.78 is 11.3. The first-order valence-electron chi connectivity index (χ1n) is 14.1. The fourth-order valence-electron chi connectivity index (χ4n) is 5.55. The average Bonchev–Trinajstić information content (AvgIpc) is 2.94. The number of carbonyl (C=O) groups is 1. The molecular weight excluding hydrogens is 458 g/mol. The SMILES string of the molecule is C=CC(=O)OCCC(CCC)Oc1ccc(-c2ccc(C3CCCC(C#N)(CCCCC)C3)cc2)cc1. The van der Waals surface area contributed by atoms with Crippen LogP contribution in [0.4, 0.5) is 0 Å². The molecule has 2 aromatic rings. The molecule has 0 amide bonds. The third kappa shape index (κ3) is 8.49. The largest absolute Gasteiger partial charge is 0.490 e. The highest BCUT2D eigenvalue weighted by Gasteiger charge is 2.36. The van der Waals surface area contributed by atoms with Crippen LogP contribution >= 0.6 is 0 Å². The maximum Gasteiger partial charge on any atom is 0.330 e. The number of benzene rings is 2. The zero-order chi connectivity index (χ0) is 26.5. The van der Waals surface area contributed by atoms with Gasteiger partial charge in [0.1, 0.15) is 11.9 Å². The van der Waals surface area contributed by atoms with Crippen molar-refractivity contribution in [2.45, 2.75) is 96.5 Å². The van der Waals surface area contributed by atoms with Gasteiger partial charge < -0.3 is 9.47 Å². The van der Waals surface area contributed by atoms with Gasteiger partial charge in [-0.05, 0) is 66.8 Å². The summed E-state index contributed by atoms with van der Waals surface area (Å²) in [5.74, 6) is 0.901. The molecule has 3 atom stereocenters. The second-order valence-electron chi connectivity index (χ2n) is 10.5. The molecule has 0 N–H and O–H groups in total. The molecule has 3 unspecified atom stereocenters. The monoisotopic (exact) mass is 501 g/mol. The van der Waals surface area contributed by atoms with Crippen LogP contribution in [0, 0.1) is 16.7 Å². The van der Waals surface area contributed by atoms with Crippen LogP contribution in [0.1, 0.15) is 96.0 Å². The van der Waals surface area contributed by atoms with E-state index < -0.39 is 5.97 Å². The van der Waals surface area contributed by atoms with Crippen LogP contribution in [0.2, 0.25) is 0 Å². The molecule has 2 aromatic carbocycles. The minimum atomic E-state index is -0.398. The van der Waals surface area contributed by atoms with E-state index >= 15 is 0 Å². The number of unbranched alkanes of at least 4 members (excludes halogenated alkanes) is 2. The highest BCUT2D eigenvalue weighted by Crippen LogP contribution is 2.46. The van der Waals surface area contributed by atoms with E-state index in [-0.39, 0.29) is 11.5 Å². The van der Waals surface area contributed by atoms with E-state index in [1.807, 2.05) is 12.1 Å². The minimum absolute atomic E-state index is 0.00532. The Balaban J connectivity index is 1.60. The lowest BCUT2D eigenvalue weighted by molar-refractivity contribution is -0.138. The topological polar surface area (TPSA) is 59.3 Å². The summed E-state index contributed by atoms with van der Waals surface area (Å²) in [7, 11) is 0. The van der Waals surface area contributed by atoms with Crippen LogP contribution in [0.15, 0.2) is 61.2 Å². The van der Waals surface area contributed by atoms with Gasteiger partial charge in [-0.15, -0.1) is 0 Å². The lowest BCUT2D eigenvalue weighted by atomic mass is 9.66. The third-order valence-corrected chi connectivity index (χ3v) is 7.68. The number of rotatable bonds is 14. The summed E-state index contributed by atoms with van der Waals surface area (Å²) in [6, 6.07) is 19.9. The molecule has 0 spiro atoms. The van der Waals surface area contributed by atoms with Gasteiger partial charge in [0.25, 0.3) is 0 Å². The van der Waals surface area contributed by atoms with E-state index in [1.54, 1.807) is 0 Å². The van der Waals surface area contributed by atoms with Gasteiger partial charge in [-0.2, -0.15) is 5.26 Å². The van der Waals surface area contributed by atoms with Crippen LogP contribution in [0.5, 0.6) is 5.75 Å². The molecule has 1 saturated carbocycles. The Hall–Kier alpha value is -3.06. The predicted molar refractivity (Wildman–Crippen MR) is 150 cm³/mol. The zero-order valence-corrected chi connectivity index (χ0v) is 22.7. The lowest BCUT2D eigenvalue weighted by Gasteiger charge is -2.36. The highest BCUT2D eigenvalue weighted by atomic mass is 16.5. The minimum Gasteiger partial charge on any atom is -0.490 e. The van der Waals surface area contributed by atoms with Crippen LogP contribution in [-0.2, 0) is 9.53 Å². The van der Waals surface area contributed by atoms with Crippen LogP contribution in [0.25, 0.3) is 11.1 Å². The van der Waals surface area contributed by atoms with Crippen molar-refractivity contribution in [2.75, 3.05) is 6.61 Å². The number of nitriles is 1. The summed E-state index contributed by atoms with van der Waals surface area (Å²) in [4.78, 5) is 11.3. The molecule has 3 rings (SSSR count). The van der Waals surface area contributed by atoms with Crippen molar-refractivity contribution in [3.63, 3.8) is 0 Å². The first-order chi connectivity index (χ1) is 18.0. The number of carbonyl (C=O) groups excluding carboxylic acids is 1. The van der Waals surface area contributed by atoms with E-state index in [4.69, 9.17) is 9.47 Å². The molecule has 1 aliphatic rings. The molecule has 0 aliphatic heterocycles. The van der Waals surface area contributed by atoms with E-state index in [0.29, 0.717) is 18.9 Å². The molecule has 1 aliphatic carbocycles. The molecule has 0 saturated heterocycles. The Bertz CT molecular complexity index is 1020. The Morgan fingerprint density at radius 2 is 1.78 bits per heavy atom. The second-order valence-corrected chi connectivity index (χ2v) is 10.5. The van der Waals surface area contributed by atoms with Gasteiger partial charge in [-0.3, -0.25) is 0 Å². The fraction of sp³-hybridized carbons (Fsp3) is 0.515. The van der Waals surface area contributed by atoms with Crippen molar-refractivity contribution in [1.82, 2.24) is 0 Å². The molecule has 37 heavy (non-hydrogen) atoms. The maximum atomic E-state index is 11.3. The molecule has 4 heteroatoms. The van der Waals surface area contributed by atoms with Crippen molar-refractivity contribution in [1.29, 1.82) is 5.26 Å². The predicted octanol–water partition coefficient (Wildman–Crippen LogP) is 8.77. The molecule has 198 valence electrons. The van der Waals surface area contributed by atoms with Crippen molar-refractivity contribution >= 4 is 5.97 Å². The number of esters is 1. The zero-order valence-electron chi connectivity index (χ0n) is 22.7. The quantitative estimate of drug-likeness (QED) is 0.147. The number of hydrogen-bond donors (Lipinski definition) is 0. The molecule has 0 heterocycles. The standard InChI is InChI=1S/C33H43NO3/c1-4-7-8-21-33(25-34)22-9-11-29(24-33)28-14-12-26(13-15-28)27-16-18-31(19-17-27)37-30(10-5-2)20-23-36-32(35)6-3/h6,12-19,29-30H,3-5,7-11,20-24H2,1-2H3. The van der Waals surface area contributed by atoms with Gasteiger partial charge in [-0.1, -0.05) is 88.9 Å². The van der Waals surface area contributed by atoms with Gasteiger partial charge in [0.2, 0.25) is 0 Å². The first-order valence-corrected chi connectivity index (χ1v) is 14.1. The normalized spacial score (nSPS) is 20.0. The van der Waals surface area contributed by atoms with Gasteiger partial charge in [0.15, 0.2) is 0 Å². The third-order valence-electron chi connectivity index (χ3n) is 7.68. The summed E-state index contributed by atoms with van der Waals surface area (Å²) in [5, 5.41) is 10.00. The van der Waals surface area contributed by atoms with Crippen molar-refractivity contribution in [3.05, 3.63) is 66.7 Å². The Kier molecular flexibility index (Phi) is 11.3. The number of ether oxygens (including phenoxy) is 2. The first kappa shape index (κ1) is 28.5. The van der Waals surface area contributed by atoms with Gasteiger partial charge >= 0.3 is 5.97 Å². The molecule has 0 bridgehead atoms. The Morgan fingerprint density at radius 3 is 2.41 bits per heavy atom. The lowest BCUT2D eigenvalue weighted by Crippen LogP contribution is -2.26. The molecule has 1 fully saturated rings. The molecule has 0 aromatic heterocycles. The fourth-order valence-corrected chi connectivity index (χ4v) is 5.55. The average molecular weight is 502 g/mol. The van der Waals surface area contributed by atoms with E-state index in [0.717, 1.165) is 56.3 Å². The van der Waals surface area contributed by atoms with Crippen molar-refractivity contribution in [3.8, 4) is 22.9 Å². The van der Waals surface area contributed by atoms with E-state index in [2.05, 4.69) is 62.9 Å². The molecular formula is C33H43NO3. The van der Waals surface area contributed by atoms with Crippen LogP contribution in [0.3, 0.4) is 0 Å². The van der Waals surface area contributed by atoms with Crippen molar-refractivity contribution < 1.29 is 14.3 Å². The number of nitrogens with zero attached hydrogens (tertiary/aromatic N) is 1. The van der Waals surface area contributed by atoms with Crippen molar-refractivity contribution in [2.24, 2.45) is 5.41 Å². The second kappa shape index (κ2) is 14.6. The summed E-state index contributed by atoms with van der Waals surface area (Å²) in [6.07, 6.45) is 12.7. The Labute approximate surface area is 223 Å². The smallest absolute Gasteiger partial charge is 0.330 e. The van der Waals surface area contributed by atoms with Gasteiger partial charge in [0, 0.05) is 12.5 Å². The van der Waals surface area contributed by atoms with Gasteiger partial charge in [0.05, 0.1) is 18.1 Å². The maximum absolute atomic E-state index is 11.3. The van der Waals surface area contributed by atoms with Crippen LogP contribution < -0.4 is 4.74 Å². The Morgan fingerprint density at radius 1 is 1.08 bits per heavy atom. The summed E-state index contributed by atoms with van der Waals surface area (Å²) in [6.45, 7) is 8.10. The highest BCUT2D eigenvalue weighted by molar-refractivity contribution is 5.81.